The van der Waals surface area contributed by atoms with Crippen LogP contribution in [0.5, 0.6) is 5.75 Å². The average Bonchev–Trinajstić information content (AvgIpc) is 3.24. The van der Waals surface area contributed by atoms with Gasteiger partial charge in [0.05, 0.1) is 20.6 Å². The standard InChI is InChI=1S/C20H11Cl2NO4S/c21-15-7-1-11(9-16(15)22)17-8-6-14(27-17)10-18-19(25)23(20(26)28-18)12-2-4-13(24)5-3-12/h1-10,24H/b18-10+. The van der Waals surface area contributed by atoms with E-state index in [0.717, 1.165) is 22.2 Å². The summed E-state index contributed by atoms with van der Waals surface area (Å²) in [6.45, 7) is 0. The number of anilines is 1. The van der Waals surface area contributed by atoms with Crippen molar-refractivity contribution < 1.29 is 19.1 Å². The number of carbonyl (C=O) groups is 2. The van der Waals surface area contributed by atoms with Crippen molar-refractivity contribution in [1.82, 2.24) is 0 Å². The molecule has 3 aromatic rings. The maximum absolute atomic E-state index is 12.6. The van der Waals surface area contributed by atoms with Gasteiger partial charge in [-0.1, -0.05) is 23.2 Å². The molecule has 0 unspecified atom stereocenters. The van der Waals surface area contributed by atoms with Crippen molar-refractivity contribution >= 4 is 57.9 Å². The highest BCUT2D eigenvalue weighted by atomic mass is 35.5. The molecule has 2 aromatic carbocycles. The van der Waals surface area contributed by atoms with E-state index in [1.54, 1.807) is 30.3 Å². The van der Waals surface area contributed by atoms with Gasteiger partial charge in [0.15, 0.2) is 0 Å². The molecule has 1 aliphatic rings. The molecule has 1 aliphatic heterocycles. The zero-order valence-electron chi connectivity index (χ0n) is 14.1. The maximum atomic E-state index is 12.6. The molecule has 0 atom stereocenters. The van der Waals surface area contributed by atoms with Gasteiger partial charge in [0.1, 0.15) is 17.3 Å². The van der Waals surface area contributed by atoms with Gasteiger partial charge in [0.25, 0.3) is 11.1 Å². The number of furan rings is 1. The Balaban J connectivity index is 1.60. The number of imide groups is 1. The third-order valence-electron chi connectivity index (χ3n) is 4.01. The summed E-state index contributed by atoms with van der Waals surface area (Å²) in [5.41, 5.74) is 1.13. The van der Waals surface area contributed by atoms with Crippen LogP contribution in [0.4, 0.5) is 10.5 Å². The lowest BCUT2D eigenvalue weighted by molar-refractivity contribution is -0.113. The van der Waals surface area contributed by atoms with Gasteiger partial charge < -0.3 is 9.52 Å². The van der Waals surface area contributed by atoms with Crippen LogP contribution in [0.3, 0.4) is 0 Å². The smallest absolute Gasteiger partial charge is 0.298 e. The minimum absolute atomic E-state index is 0.0525. The van der Waals surface area contributed by atoms with E-state index in [2.05, 4.69) is 0 Å². The molecule has 5 nitrogen and oxygen atoms in total. The molecule has 0 aliphatic carbocycles. The third-order valence-corrected chi connectivity index (χ3v) is 5.61. The number of phenols is 1. The van der Waals surface area contributed by atoms with Crippen LogP contribution >= 0.6 is 35.0 Å². The molecule has 8 heteroatoms. The van der Waals surface area contributed by atoms with Gasteiger partial charge in [-0.2, -0.15) is 0 Å². The number of nitrogens with zero attached hydrogens (tertiary/aromatic N) is 1. The fourth-order valence-electron chi connectivity index (χ4n) is 2.66. The van der Waals surface area contributed by atoms with Gasteiger partial charge in [-0.25, -0.2) is 4.90 Å². The molecule has 1 aromatic heterocycles. The van der Waals surface area contributed by atoms with E-state index < -0.39 is 11.1 Å². The Bertz CT molecular complexity index is 1120. The number of hydrogen-bond acceptors (Lipinski definition) is 5. The second-order valence-electron chi connectivity index (χ2n) is 5.86. The summed E-state index contributed by atoms with van der Waals surface area (Å²) >= 11 is 12.8. The van der Waals surface area contributed by atoms with Gasteiger partial charge in [-0.15, -0.1) is 0 Å². The summed E-state index contributed by atoms with van der Waals surface area (Å²) in [5, 5.41) is 9.81. The molecule has 0 radical (unpaired) electrons. The van der Waals surface area contributed by atoms with Gasteiger partial charge in [0, 0.05) is 11.6 Å². The summed E-state index contributed by atoms with van der Waals surface area (Å²) in [6.07, 6.45) is 1.52. The van der Waals surface area contributed by atoms with Gasteiger partial charge in [-0.05, 0) is 66.4 Å². The lowest BCUT2D eigenvalue weighted by Crippen LogP contribution is -2.27. The van der Waals surface area contributed by atoms with Crippen LogP contribution in [0.2, 0.25) is 10.0 Å². The molecule has 0 bridgehead atoms. The van der Waals surface area contributed by atoms with Gasteiger partial charge in [-0.3, -0.25) is 9.59 Å². The highest BCUT2D eigenvalue weighted by Gasteiger charge is 2.36. The van der Waals surface area contributed by atoms with E-state index in [4.69, 9.17) is 27.6 Å². The molecule has 140 valence electrons. The van der Waals surface area contributed by atoms with E-state index in [9.17, 15) is 14.7 Å². The van der Waals surface area contributed by atoms with Crippen molar-refractivity contribution in [3.63, 3.8) is 0 Å². The molecule has 0 spiro atoms. The molecular formula is C20H11Cl2NO4S. The Labute approximate surface area is 174 Å². The van der Waals surface area contributed by atoms with Crippen molar-refractivity contribution in [2.45, 2.75) is 0 Å². The first-order chi connectivity index (χ1) is 13.4. The van der Waals surface area contributed by atoms with Crippen LogP contribution in [0, 0.1) is 0 Å². The Morgan fingerprint density at radius 3 is 2.43 bits per heavy atom. The highest BCUT2D eigenvalue weighted by Crippen LogP contribution is 2.37. The third kappa shape index (κ3) is 3.54. The number of carbonyl (C=O) groups excluding carboxylic acids is 2. The fraction of sp³-hybridized carbons (Fsp3) is 0. The minimum Gasteiger partial charge on any atom is -0.508 e. The summed E-state index contributed by atoms with van der Waals surface area (Å²) in [6, 6.07) is 14.4. The molecule has 0 saturated carbocycles. The maximum Gasteiger partial charge on any atom is 0.298 e. The summed E-state index contributed by atoms with van der Waals surface area (Å²) in [5.74, 6) is 0.588. The Morgan fingerprint density at radius 2 is 1.71 bits per heavy atom. The van der Waals surface area contributed by atoms with E-state index >= 15 is 0 Å². The van der Waals surface area contributed by atoms with Gasteiger partial charge in [0.2, 0.25) is 0 Å². The van der Waals surface area contributed by atoms with Crippen molar-refractivity contribution in [2.24, 2.45) is 0 Å². The minimum atomic E-state index is -0.451. The lowest BCUT2D eigenvalue weighted by Gasteiger charge is -2.11. The first kappa shape index (κ1) is 18.7. The SMILES string of the molecule is O=C1S/C(=C/c2ccc(-c3ccc(Cl)c(Cl)c3)o2)C(=O)N1c1ccc(O)cc1. The van der Waals surface area contributed by atoms with Crippen molar-refractivity contribution in [2.75, 3.05) is 4.90 Å². The topological polar surface area (TPSA) is 70.8 Å². The number of amides is 2. The molecule has 2 heterocycles. The van der Waals surface area contributed by atoms with E-state index in [1.807, 2.05) is 0 Å². The summed E-state index contributed by atoms with van der Waals surface area (Å²) in [4.78, 5) is 26.2. The Kier molecular flexibility index (Phi) is 4.93. The molecule has 1 N–H and O–H groups in total. The van der Waals surface area contributed by atoms with Crippen molar-refractivity contribution in [3.8, 4) is 17.1 Å². The first-order valence-electron chi connectivity index (χ1n) is 8.04. The predicted molar refractivity (Wildman–Crippen MR) is 111 cm³/mol. The quantitative estimate of drug-likeness (QED) is 0.499. The molecule has 2 amide bonds. The zero-order valence-corrected chi connectivity index (χ0v) is 16.4. The predicted octanol–water partition coefficient (Wildman–Crippen LogP) is 6.20. The largest absolute Gasteiger partial charge is 0.508 e. The monoisotopic (exact) mass is 431 g/mol. The lowest BCUT2D eigenvalue weighted by atomic mass is 10.2. The van der Waals surface area contributed by atoms with Crippen LogP contribution in [-0.4, -0.2) is 16.3 Å². The Hall–Kier alpha value is -2.67. The van der Waals surface area contributed by atoms with Crippen molar-refractivity contribution in [3.05, 3.63) is 75.3 Å². The molecule has 28 heavy (non-hydrogen) atoms. The number of halogens is 2. The summed E-state index contributed by atoms with van der Waals surface area (Å²) < 4.78 is 5.76. The number of thioether (sulfide) groups is 1. The second kappa shape index (κ2) is 7.39. The summed E-state index contributed by atoms with van der Waals surface area (Å²) in [7, 11) is 0. The van der Waals surface area contributed by atoms with Crippen LogP contribution < -0.4 is 4.90 Å². The van der Waals surface area contributed by atoms with Gasteiger partial charge >= 0.3 is 0 Å². The first-order valence-corrected chi connectivity index (χ1v) is 9.62. The number of benzene rings is 2. The number of hydrogen-bond donors (Lipinski definition) is 1. The second-order valence-corrected chi connectivity index (χ2v) is 7.67. The van der Waals surface area contributed by atoms with E-state index in [0.29, 0.717) is 27.3 Å². The van der Waals surface area contributed by atoms with Crippen LogP contribution in [-0.2, 0) is 4.79 Å². The molecule has 1 fully saturated rings. The van der Waals surface area contributed by atoms with Crippen LogP contribution in [0.25, 0.3) is 17.4 Å². The fourth-order valence-corrected chi connectivity index (χ4v) is 3.78. The highest BCUT2D eigenvalue weighted by molar-refractivity contribution is 8.19. The van der Waals surface area contributed by atoms with Crippen LogP contribution in [0.1, 0.15) is 5.76 Å². The molecule has 4 rings (SSSR count). The van der Waals surface area contributed by atoms with E-state index in [-0.39, 0.29) is 10.7 Å². The number of aromatic hydroxyl groups is 1. The normalized spacial score (nSPS) is 15.6. The van der Waals surface area contributed by atoms with Crippen LogP contribution in [0.15, 0.2) is 63.9 Å². The zero-order chi connectivity index (χ0) is 19.8. The molecular weight excluding hydrogens is 421 g/mol. The Morgan fingerprint density at radius 1 is 0.964 bits per heavy atom. The average molecular weight is 432 g/mol. The van der Waals surface area contributed by atoms with E-state index in [1.165, 1.54) is 30.3 Å². The number of rotatable bonds is 3. The van der Waals surface area contributed by atoms with Crippen molar-refractivity contribution in [1.29, 1.82) is 0 Å². The number of phenolic OH excluding ortho intramolecular Hbond substituents is 1. The molecule has 1 saturated heterocycles.